The average Bonchev–Trinajstić information content (AvgIpc) is 2.83. The van der Waals surface area contributed by atoms with Crippen molar-refractivity contribution in [3.63, 3.8) is 0 Å². The lowest BCUT2D eigenvalue weighted by Crippen LogP contribution is -2.13. The van der Waals surface area contributed by atoms with Crippen molar-refractivity contribution in [3.05, 3.63) is 52.6 Å². The summed E-state index contributed by atoms with van der Waals surface area (Å²) >= 11 is 0. The van der Waals surface area contributed by atoms with E-state index >= 15 is 0 Å². The first kappa shape index (κ1) is 17.7. The predicted octanol–water partition coefficient (Wildman–Crippen LogP) is 3.31. The third-order valence-electron chi connectivity index (χ3n) is 3.92. The first-order valence-electron chi connectivity index (χ1n) is 7.60. The van der Waals surface area contributed by atoms with E-state index in [9.17, 15) is 14.0 Å². The van der Waals surface area contributed by atoms with E-state index in [2.05, 4.69) is 0 Å². The Morgan fingerprint density at radius 3 is 2.33 bits per heavy atom. The number of carbonyl (C=O) groups is 2. The number of nitrogens with zero attached hydrogens (tertiary/aromatic N) is 1. The lowest BCUT2D eigenvalue weighted by Gasteiger charge is -2.07. The third kappa shape index (κ3) is 3.32. The van der Waals surface area contributed by atoms with Crippen LogP contribution in [0.5, 0.6) is 5.75 Å². The molecule has 0 N–H and O–H groups in total. The van der Waals surface area contributed by atoms with Gasteiger partial charge in [-0.05, 0) is 50.6 Å². The molecule has 0 amide bonds. The van der Waals surface area contributed by atoms with Crippen LogP contribution < -0.4 is 4.74 Å². The summed E-state index contributed by atoms with van der Waals surface area (Å²) in [5, 5.41) is 0. The molecule has 24 heavy (non-hydrogen) atoms. The molecule has 0 saturated heterocycles. The van der Waals surface area contributed by atoms with Gasteiger partial charge in [-0.3, -0.25) is 4.79 Å². The lowest BCUT2D eigenvalue weighted by molar-refractivity contribution is 0.0587. The number of ketones is 1. The maximum Gasteiger partial charge on any atom is 0.354 e. The van der Waals surface area contributed by atoms with Crippen LogP contribution in [-0.4, -0.2) is 30.0 Å². The van der Waals surface area contributed by atoms with Gasteiger partial charge in [-0.1, -0.05) is 0 Å². The molecule has 0 saturated carbocycles. The number of benzene rings is 1. The lowest BCUT2D eigenvalue weighted by atomic mass is 10.1. The van der Waals surface area contributed by atoms with E-state index in [-0.39, 0.29) is 18.2 Å². The minimum atomic E-state index is -0.476. The predicted molar refractivity (Wildman–Crippen MR) is 87.1 cm³/mol. The molecule has 0 unspecified atom stereocenters. The number of aromatic nitrogens is 1. The van der Waals surface area contributed by atoms with Crippen LogP contribution >= 0.6 is 0 Å². The largest absolute Gasteiger partial charge is 0.485 e. The van der Waals surface area contributed by atoms with Crippen molar-refractivity contribution in [1.29, 1.82) is 0 Å². The van der Waals surface area contributed by atoms with Crippen molar-refractivity contribution in [3.8, 4) is 5.75 Å². The molecule has 0 bridgehead atoms. The molecule has 5 nitrogen and oxygen atoms in total. The van der Waals surface area contributed by atoms with Crippen molar-refractivity contribution < 1.29 is 23.5 Å². The van der Waals surface area contributed by atoms with E-state index in [0.717, 1.165) is 0 Å². The second-order valence-corrected chi connectivity index (χ2v) is 5.34. The Morgan fingerprint density at radius 1 is 1.17 bits per heavy atom. The van der Waals surface area contributed by atoms with Crippen molar-refractivity contribution in [2.24, 2.45) is 0 Å². The minimum absolute atomic E-state index is 0.193. The molecule has 0 radical (unpaired) electrons. The number of esters is 1. The van der Waals surface area contributed by atoms with Crippen molar-refractivity contribution >= 4 is 11.8 Å². The second-order valence-electron chi connectivity index (χ2n) is 5.34. The normalized spacial score (nSPS) is 10.5. The van der Waals surface area contributed by atoms with Crippen LogP contribution in [0.2, 0.25) is 0 Å². The van der Waals surface area contributed by atoms with E-state index in [1.807, 2.05) is 6.92 Å². The van der Waals surface area contributed by atoms with E-state index in [4.69, 9.17) is 9.47 Å². The highest BCUT2D eigenvalue weighted by Gasteiger charge is 2.26. The van der Waals surface area contributed by atoms with Gasteiger partial charge in [-0.25, -0.2) is 9.18 Å². The number of hydrogen-bond acceptors (Lipinski definition) is 4. The molecule has 2 aromatic rings. The van der Waals surface area contributed by atoms with Crippen LogP contribution in [0.15, 0.2) is 24.3 Å². The van der Waals surface area contributed by atoms with Crippen LogP contribution in [-0.2, 0) is 11.3 Å². The molecule has 0 aliphatic heterocycles. The molecule has 0 fully saturated rings. The molecule has 1 aromatic carbocycles. The summed E-state index contributed by atoms with van der Waals surface area (Å²) in [7, 11) is 1.31. The number of hydrogen-bond donors (Lipinski definition) is 0. The van der Waals surface area contributed by atoms with Crippen LogP contribution in [0.1, 0.15) is 39.0 Å². The molecular formula is C18H20FNO4. The highest BCUT2D eigenvalue weighted by Crippen LogP contribution is 2.24. The Morgan fingerprint density at radius 2 is 1.79 bits per heavy atom. The van der Waals surface area contributed by atoms with Crippen molar-refractivity contribution in [1.82, 2.24) is 4.57 Å². The molecule has 1 heterocycles. The first-order valence-corrected chi connectivity index (χ1v) is 7.60. The zero-order valence-corrected chi connectivity index (χ0v) is 14.2. The van der Waals surface area contributed by atoms with Crippen LogP contribution in [0, 0.1) is 19.7 Å². The zero-order chi connectivity index (χ0) is 17.9. The molecule has 0 spiro atoms. The molecule has 2 rings (SSSR count). The molecule has 0 atom stereocenters. The summed E-state index contributed by atoms with van der Waals surface area (Å²) in [6.45, 7) is 5.75. The van der Waals surface area contributed by atoms with Gasteiger partial charge < -0.3 is 14.0 Å². The summed E-state index contributed by atoms with van der Waals surface area (Å²) in [6, 6.07) is 5.44. The summed E-state index contributed by atoms with van der Waals surface area (Å²) in [5.74, 6) is -0.686. The fraction of sp³-hybridized carbons (Fsp3) is 0.333. The van der Waals surface area contributed by atoms with Gasteiger partial charge >= 0.3 is 5.97 Å². The van der Waals surface area contributed by atoms with E-state index in [1.165, 1.54) is 31.4 Å². The Bertz CT molecular complexity index is 762. The van der Waals surface area contributed by atoms with E-state index in [1.54, 1.807) is 18.4 Å². The number of rotatable bonds is 6. The van der Waals surface area contributed by atoms with Gasteiger partial charge in [0.15, 0.2) is 6.61 Å². The molecule has 128 valence electrons. The van der Waals surface area contributed by atoms with Gasteiger partial charge in [-0.15, -0.1) is 0 Å². The van der Waals surface area contributed by atoms with Crippen molar-refractivity contribution in [2.75, 3.05) is 13.7 Å². The molecule has 0 aliphatic carbocycles. The standard InChI is InChI=1S/C18H20FNO4/c1-5-20-12(3)16(11(2)17(20)18(22)23-4)15(21)10-24-14-8-6-13(19)7-9-14/h6-9H,5,10H2,1-4H3. The summed E-state index contributed by atoms with van der Waals surface area (Å²) in [4.78, 5) is 24.5. The Balaban J connectivity index is 2.27. The minimum Gasteiger partial charge on any atom is -0.485 e. The molecule has 1 aromatic heterocycles. The van der Waals surface area contributed by atoms with Gasteiger partial charge in [0.2, 0.25) is 5.78 Å². The second kappa shape index (κ2) is 7.29. The molecular weight excluding hydrogens is 313 g/mol. The monoisotopic (exact) mass is 333 g/mol. The Kier molecular flexibility index (Phi) is 5.39. The fourth-order valence-corrected chi connectivity index (χ4v) is 2.81. The fourth-order valence-electron chi connectivity index (χ4n) is 2.81. The number of ether oxygens (including phenoxy) is 2. The summed E-state index contributed by atoms with van der Waals surface area (Å²) < 4.78 is 24.9. The molecule has 6 heteroatoms. The third-order valence-corrected chi connectivity index (χ3v) is 3.92. The van der Waals surface area contributed by atoms with Gasteiger partial charge in [-0.2, -0.15) is 0 Å². The van der Waals surface area contributed by atoms with Crippen LogP contribution in [0.4, 0.5) is 4.39 Å². The van der Waals surface area contributed by atoms with Gasteiger partial charge in [0.05, 0.1) is 7.11 Å². The van der Waals surface area contributed by atoms with Crippen molar-refractivity contribution in [2.45, 2.75) is 27.3 Å². The summed E-state index contributed by atoms with van der Waals surface area (Å²) in [6.07, 6.45) is 0. The molecule has 0 aliphatic rings. The van der Waals surface area contributed by atoms with E-state index in [0.29, 0.717) is 34.8 Å². The zero-order valence-electron chi connectivity index (χ0n) is 14.2. The Labute approximate surface area is 140 Å². The van der Waals surface area contributed by atoms with Gasteiger partial charge in [0.25, 0.3) is 0 Å². The Hall–Kier alpha value is -2.63. The maximum atomic E-state index is 12.9. The quantitative estimate of drug-likeness (QED) is 0.601. The highest BCUT2D eigenvalue weighted by atomic mass is 19.1. The maximum absolute atomic E-state index is 12.9. The van der Waals surface area contributed by atoms with Gasteiger partial charge in [0.1, 0.15) is 17.3 Å². The number of methoxy groups -OCH3 is 1. The van der Waals surface area contributed by atoms with Crippen LogP contribution in [0.25, 0.3) is 0 Å². The smallest absolute Gasteiger partial charge is 0.354 e. The average molecular weight is 333 g/mol. The number of carbonyl (C=O) groups excluding carboxylic acids is 2. The SMILES string of the molecule is CCn1c(C)c(C(=O)COc2ccc(F)cc2)c(C)c1C(=O)OC. The summed E-state index contributed by atoms with van der Waals surface area (Å²) in [5.41, 5.74) is 2.11. The number of halogens is 1. The topological polar surface area (TPSA) is 57.5 Å². The van der Waals surface area contributed by atoms with E-state index < -0.39 is 5.97 Å². The van der Waals surface area contributed by atoms with Gasteiger partial charge in [0, 0.05) is 17.8 Å². The highest BCUT2D eigenvalue weighted by molar-refractivity contribution is 6.03. The van der Waals surface area contributed by atoms with Crippen LogP contribution in [0.3, 0.4) is 0 Å². The number of Topliss-reactive ketones (excluding diaryl/α,β-unsaturated/α-hetero) is 1. The first-order chi connectivity index (χ1) is 11.4.